The van der Waals surface area contributed by atoms with E-state index in [0.717, 1.165) is 0 Å². The van der Waals surface area contributed by atoms with Crippen LogP contribution < -0.4 is 9.46 Å². The van der Waals surface area contributed by atoms with E-state index in [0.29, 0.717) is 30.2 Å². The SMILES string of the molecule is COc1ccccc1NS(=O)(=O)CCCCCl. The van der Waals surface area contributed by atoms with Gasteiger partial charge in [-0.3, -0.25) is 4.72 Å². The molecule has 1 N–H and O–H groups in total. The number of rotatable bonds is 7. The number of benzene rings is 1. The van der Waals surface area contributed by atoms with Crippen LogP contribution in [0.15, 0.2) is 24.3 Å². The van der Waals surface area contributed by atoms with Gasteiger partial charge in [0.1, 0.15) is 5.75 Å². The lowest BCUT2D eigenvalue weighted by Gasteiger charge is -2.11. The van der Waals surface area contributed by atoms with Crippen LogP contribution in [0.25, 0.3) is 0 Å². The van der Waals surface area contributed by atoms with Gasteiger partial charge in [0, 0.05) is 5.88 Å². The normalized spacial score (nSPS) is 11.2. The molecule has 0 saturated carbocycles. The average Bonchev–Trinajstić information content (AvgIpc) is 2.29. The molecule has 0 fully saturated rings. The van der Waals surface area contributed by atoms with Gasteiger partial charge in [-0.25, -0.2) is 8.42 Å². The molecule has 17 heavy (non-hydrogen) atoms. The number of unbranched alkanes of at least 4 members (excludes halogenated alkanes) is 1. The molecule has 96 valence electrons. The van der Waals surface area contributed by atoms with Gasteiger partial charge in [0.15, 0.2) is 0 Å². The fourth-order valence-corrected chi connectivity index (χ4v) is 2.71. The maximum atomic E-state index is 11.7. The number of sulfonamides is 1. The molecule has 4 nitrogen and oxygen atoms in total. The first-order valence-electron chi connectivity index (χ1n) is 5.28. The van der Waals surface area contributed by atoms with Crippen molar-refractivity contribution in [2.45, 2.75) is 12.8 Å². The zero-order valence-electron chi connectivity index (χ0n) is 9.65. The summed E-state index contributed by atoms with van der Waals surface area (Å²) in [6, 6.07) is 6.90. The lowest BCUT2D eigenvalue weighted by Crippen LogP contribution is -2.17. The van der Waals surface area contributed by atoms with Crippen molar-refractivity contribution in [1.82, 2.24) is 0 Å². The molecule has 1 aromatic carbocycles. The van der Waals surface area contributed by atoms with Gasteiger partial charge < -0.3 is 4.74 Å². The topological polar surface area (TPSA) is 55.4 Å². The number of halogens is 1. The minimum Gasteiger partial charge on any atom is -0.495 e. The van der Waals surface area contributed by atoms with Crippen LogP contribution in [0.2, 0.25) is 0 Å². The highest BCUT2D eigenvalue weighted by atomic mass is 35.5. The fourth-order valence-electron chi connectivity index (χ4n) is 1.33. The molecule has 0 bridgehead atoms. The van der Waals surface area contributed by atoms with Crippen LogP contribution in [-0.2, 0) is 10.0 Å². The third-order valence-corrected chi connectivity index (χ3v) is 3.79. The Morgan fingerprint density at radius 1 is 1.29 bits per heavy atom. The van der Waals surface area contributed by atoms with Gasteiger partial charge in [0.25, 0.3) is 0 Å². The van der Waals surface area contributed by atoms with E-state index in [4.69, 9.17) is 16.3 Å². The fraction of sp³-hybridized carbons (Fsp3) is 0.455. The second-order valence-corrected chi connectivity index (χ2v) is 5.74. The number of methoxy groups -OCH3 is 1. The molecule has 0 aliphatic rings. The van der Waals surface area contributed by atoms with E-state index in [2.05, 4.69) is 4.72 Å². The van der Waals surface area contributed by atoms with Gasteiger partial charge in [0.05, 0.1) is 18.6 Å². The van der Waals surface area contributed by atoms with Crippen molar-refractivity contribution in [3.8, 4) is 5.75 Å². The Kier molecular flexibility index (Phi) is 5.58. The predicted molar refractivity (Wildman–Crippen MR) is 70.4 cm³/mol. The molecule has 1 rings (SSSR count). The van der Waals surface area contributed by atoms with Crippen molar-refractivity contribution >= 4 is 27.3 Å². The van der Waals surface area contributed by atoms with Crippen LogP contribution in [-0.4, -0.2) is 27.2 Å². The minimum atomic E-state index is -3.33. The summed E-state index contributed by atoms with van der Waals surface area (Å²) in [5.74, 6) is 1.05. The molecule has 0 radical (unpaired) electrons. The number of anilines is 1. The molecule has 0 aromatic heterocycles. The van der Waals surface area contributed by atoms with E-state index in [1.54, 1.807) is 24.3 Å². The highest BCUT2D eigenvalue weighted by Gasteiger charge is 2.12. The lowest BCUT2D eigenvalue weighted by atomic mass is 10.3. The van der Waals surface area contributed by atoms with Crippen molar-refractivity contribution in [3.05, 3.63) is 24.3 Å². The molecule has 0 spiro atoms. The van der Waals surface area contributed by atoms with Gasteiger partial charge in [-0.05, 0) is 25.0 Å². The summed E-state index contributed by atoms with van der Waals surface area (Å²) in [5.41, 5.74) is 0.459. The van der Waals surface area contributed by atoms with Gasteiger partial charge in [-0.1, -0.05) is 12.1 Å². The summed E-state index contributed by atoms with van der Waals surface area (Å²) >= 11 is 5.50. The van der Waals surface area contributed by atoms with Crippen molar-refractivity contribution in [2.75, 3.05) is 23.5 Å². The first-order chi connectivity index (χ1) is 8.09. The molecule has 0 atom stereocenters. The van der Waals surface area contributed by atoms with Gasteiger partial charge >= 0.3 is 0 Å². The molecule has 0 saturated heterocycles. The van der Waals surface area contributed by atoms with Crippen molar-refractivity contribution in [1.29, 1.82) is 0 Å². The Morgan fingerprint density at radius 3 is 2.65 bits per heavy atom. The standard InChI is InChI=1S/C11H16ClNO3S/c1-16-11-7-3-2-6-10(11)13-17(14,15)9-5-4-8-12/h2-3,6-7,13H,4-5,8-9H2,1H3. The summed E-state index contributed by atoms with van der Waals surface area (Å²) < 4.78 is 31.0. The molecule has 6 heteroatoms. The number of para-hydroxylation sites is 2. The average molecular weight is 278 g/mol. The van der Waals surface area contributed by atoms with Crippen LogP contribution >= 0.6 is 11.6 Å². The molecule has 0 amide bonds. The maximum Gasteiger partial charge on any atom is 0.232 e. The Bertz CT molecular complexity index is 448. The molecule has 0 heterocycles. The zero-order valence-corrected chi connectivity index (χ0v) is 11.2. The Balaban J connectivity index is 2.69. The number of nitrogens with one attached hydrogen (secondary N) is 1. The quantitative estimate of drug-likeness (QED) is 0.615. The van der Waals surface area contributed by atoms with Crippen LogP contribution in [0.1, 0.15) is 12.8 Å². The Hall–Kier alpha value is -0.940. The van der Waals surface area contributed by atoms with Gasteiger partial charge in [0.2, 0.25) is 10.0 Å². The first kappa shape index (κ1) is 14.1. The molecule has 0 unspecified atom stereocenters. The van der Waals surface area contributed by atoms with Crippen LogP contribution in [0, 0.1) is 0 Å². The molecular formula is C11H16ClNO3S. The number of ether oxygens (including phenoxy) is 1. The summed E-state index contributed by atoms with van der Waals surface area (Å²) in [6.07, 6.45) is 1.24. The van der Waals surface area contributed by atoms with Crippen LogP contribution in [0.3, 0.4) is 0 Å². The zero-order chi connectivity index (χ0) is 12.7. The van der Waals surface area contributed by atoms with E-state index in [-0.39, 0.29) is 5.75 Å². The second-order valence-electron chi connectivity index (χ2n) is 3.52. The minimum absolute atomic E-state index is 0.0672. The highest BCUT2D eigenvalue weighted by Crippen LogP contribution is 2.24. The van der Waals surface area contributed by atoms with Crippen LogP contribution in [0.5, 0.6) is 5.75 Å². The second kappa shape index (κ2) is 6.71. The number of hydrogen-bond acceptors (Lipinski definition) is 3. The Morgan fingerprint density at radius 2 is 2.00 bits per heavy atom. The summed E-state index contributed by atoms with van der Waals surface area (Å²) in [7, 11) is -1.83. The lowest BCUT2D eigenvalue weighted by molar-refractivity contribution is 0.417. The van der Waals surface area contributed by atoms with E-state index >= 15 is 0 Å². The molecule has 0 aliphatic heterocycles. The van der Waals surface area contributed by atoms with Gasteiger partial charge in [-0.15, -0.1) is 11.6 Å². The smallest absolute Gasteiger partial charge is 0.232 e. The maximum absolute atomic E-state index is 11.7. The summed E-state index contributed by atoms with van der Waals surface area (Å²) in [5, 5.41) is 0. The van der Waals surface area contributed by atoms with Crippen molar-refractivity contribution in [2.24, 2.45) is 0 Å². The number of hydrogen-bond donors (Lipinski definition) is 1. The van der Waals surface area contributed by atoms with E-state index in [1.807, 2.05) is 0 Å². The number of alkyl halides is 1. The monoisotopic (exact) mass is 277 g/mol. The van der Waals surface area contributed by atoms with Crippen molar-refractivity contribution < 1.29 is 13.2 Å². The van der Waals surface area contributed by atoms with Crippen molar-refractivity contribution in [3.63, 3.8) is 0 Å². The van der Waals surface area contributed by atoms with E-state index in [9.17, 15) is 8.42 Å². The van der Waals surface area contributed by atoms with Gasteiger partial charge in [-0.2, -0.15) is 0 Å². The largest absolute Gasteiger partial charge is 0.495 e. The highest BCUT2D eigenvalue weighted by molar-refractivity contribution is 7.92. The molecule has 1 aromatic rings. The molecule has 0 aliphatic carbocycles. The third-order valence-electron chi connectivity index (χ3n) is 2.17. The summed E-state index contributed by atoms with van der Waals surface area (Å²) in [6.45, 7) is 0. The predicted octanol–water partition coefficient (Wildman–Crippen LogP) is 2.46. The van der Waals surface area contributed by atoms with E-state index < -0.39 is 10.0 Å². The summed E-state index contributed by atoms with van der Waals surface area (Å²) in [4.78, 5) is 0. The Labute approximate surface area is 107 Å². The van der Waals surface area contributed by atoms with Crippen LogP contribution in [0.4, 0.5) is 5.69 Å². The third kappa shape index (κ3) is 4.83. The first-order valence-corrected chi connectivity index (χ1v) is 7.47. The van der Waals surface area contributed by atoms with E-state index in [1.165, 1.54) is 7.11 Å². The molecular weight excluding hydrogens is 262 g/mol.